The summed E-state index contributed by atoms with van der Waals surface area (Å²) in [4.78, 5) is 38.9. The maximum atomic E-state index is 11.5. The number of aliphatic imine (C=N–C) groups is 2. The molecule has 0 aliphatic rings. The number of nitrogens with zero attached hydrogens (tertiary/aromatic N) is 2. The van der Waals surface area contributed by atoms with Gasteiger partial charge in [0.15, 0.2) is 0 Å². The van der Waals surface area contributed by atoms with Crippen molar-refractivity contribution in [3.8, 4) is 5.75 Å². The minimum Gasteiger partial charge on any atom is -0.423 e. The quantitative estimate of drug-likeness (QED) is 0.273. The number of carbonyl (C=O) groups excluding carboxylic acids is 3. The maximum Gasteiger partial charge on any atom is 0.338 e. The zero-order chi connectivity index (χ0) is 14.4. The van der Waals surface area contributed by atoms with E-state index < -0.39 is 5.97 Å². The molecule has 0 N–H and O–H groups in total. The average Bonchev–Trinajstić information content (AvgIpc) is 2.35. The number of hydrogen-bond donors (Lipinski definition) is 0. The second-order valence-electron chi connectivity index (χ2n) is 3.66. The van der Waals surface area contributed by atoms with Crippen molar-refractivity contribution < 1.29 is 19.1 Å². The molecule has 6 heteroatoms. The summed E-state index contributed by atoms with van der Waals surface area (Å²) in [5, 5.41) is 0. The van der Waals surface area contributed by atoms with Crippen LogP contribution in [-0.4, -0.2) is 18.1 Å². The van der Waals surface area contributed by atoms with Crippen LogP contribution in [0.2, 0.25) is 0 Å². The van der Waals surface area contributed by atoms with E-state index in [1.54, 1.807) is 6.92 Å². The van der Waals surface area contributed by atoms with E-state index in [9.17, 15) is 14.4 Å². The summed E-state index contributed by atoms with van der Waals surface area (Å²) in [6, 6.07) is 2.74. The Morgan fingerprint density at radius 3 is 2.42 bits per heavy atom. The molecule has 1 aromatic carbocycles. The van der Waals surface area contributed by atoms with E-state index in [0.29, 0.717) is 5.56 Å². The van der Waals surface area contributed by atoms with Crippen molar-refractivity contribution in [3.63, 3.8) is 0 Å². The largest absolute Gasteiger partial charge is 0.423 e. The Labute approximate surface area is 109 Å². The van der Waals surface area contributed by atoms with Crippen molar-refractivity contribution >= 4 is 29.5 Å². The zero-order valence-electron chi connectivity index (χ0n) is 10.4. The Bertz CT molecular complexity index is 636. The predicted octanol–water partition coefficient (Wildman–Crippen LogP) is 2.41. The van der Waals surface area contributed by atoms with Crippen molar-refractivity contribution in [3.05, 3.63) is 29.8 Å². The maximum absolute atomic E-state index is 11.5. The molecular weight excluding hydrogens is 248 g/mol. The van der Waals surface area contributed by atoms with Gasteiger partial charge in [-0.2, -0.15) is 9.98 Å². The molecular formula is C13H10N2O4. The average molecular weight is 258 g/mol. The fraction of sp³-hybridized carbons (Fsp3) is 0.154. The van der Waals surface area contributed by atoms with Crippen molar-refractivity contribution in [1.29, 1.82) is 0 Å². The van der Waals surface area contributed by atoms with Crippen molar-refractivity contribution in [2.75, 3.05) is 0 Å². The minimum absolute atomic E-state index is 0.138. The summed E-state index contributed by atoms with van der Waals surface area (Å²) in [5.41, 5.74) is 1.03. The number of benzene rings is 1. The molecule has 0 aliphatic carbocycles. The van der Waals surface area contributed by atoms with Crippen LogP contribution in [0.15, 0.2) is 34.3 Å². The first-order valence-corrected chi connectivity index (χ1v) is 5.17. The summed E-state index contributed by atoms with van der Waals surface area (Å²) in [6.07, 6.45) is 2.73. The Hall–Kier alpha value is -2.81. The molecule has 0 saturated heterocycles. The molecule has 0 amide bonds. The molecule has 0 atom stereocenters. The van der Waals surface area contributed by atoms with Gasteiger partial charge in [0.2, 0.25) is 12.2 Å². The first-order valence-electron chi connectivity index (χ1n) is 5.17. The van der Waals surface area contributed by atoms with Gasteiger partial charge in [-0.3, -0.25) is 0 Å². The Morgan fingerprint density at radius 2 is 1.89 bits per heavy atom. The van der Waals surface area contributed by atoms with E-state index in [-0.39, 0.29) is 22.7 Å². The molecule has 0 bridgehead atoms. The molecule has 96 valence electrons. The van der Waals surface area contributed by atoms with Crippen molar-refractivity contribution in [2.45, 2.75) is 13.8 Å². The molecule has 0 fully saturated rings. The molecule has 1 aromatic rings. The third-order valence-electron chi connectivity index (χ3n) is 2.21. The highest BCUT2D eigenvalue weighted by atomic mass is 16.5. The van der Waals surface area contributed by atoms with E-state index in [4.69, 9.17) is 4.74 Å². The molecule has 0 saturated carbocycles. The van der Waals surface area contributed by atoms with Gasteiger partial charge in [-0.05, 0) is 19.9 Å². The molecule has 0 spiro atoms. The van der Waals surface area contributed by atoms with Gasteiger partial charge < -0.3 is 4.74 Å². The van der Waals surface area contributed by atoms with Gasteiger partial charge >= 0.3 is 5.97 Å². The van der Waals surface area contributed by atoms with Gasteiger partial charge in [0.05, 0.1) is 11.4 Å². The summed E-state index contributed by atoms with van der Waals surface area (Å²) in [5.74, 6) is -0.491. The van der Waals surface area contributed by atoms with Crippen LogP contribution in [0.4, 0.5) is 11.4 Å². The summed E-state index contributed by atoms with van der Waals surface area (Å²) < 4.78 is 5.06. The fourth-order valence-electron chi connectivity index (χ4n) is 1.23. The van der Waals surface area contributed by atoms with Crippen molar-refractivity contribution in [2.24, 2.45) is 9.98 Å². The molecule has 6 nitrogen and oxygen atoms in total. The molecule has 19 heavy (non-hydrogen) atoms. The number of isocyanates is 2. The highest BCUT2D eigenvalue weighted by Gasteiger charge is 2.12. The van der Waals surface area contributed by atoms with Gasteiger partial charge in [0.1, 0.15) is 5.75 Å². The summed E-state index contributed by atoms with van der Waals surface area (Å²) in [6.45, 7) is 6.55. The van der Waals surface area contributed by atoms with Gasteiger partial charge in [0, 0.05) is 17.2 Å². The number of carbonyl (C=O) groups is 1. The van der Waals surface area contributed by atoms with Crippen LogP contribution < -0.4 is 4.74 Å². The lowest BCUT2D eigenvalue weighted by molar-refractivity contribution is -0.130. The van der Waals surface area contributed by atoms with E-state index in [1.807, 2.05) is 0 Å². The minimum atomic E-state index is -0.628. The molecule has 0 aromatic heterocycles. The highest BCUT2D eigenvalue weighted by molar-refractivity contribution is 5.89. The second kappa shape index (κ2) is 6.21. The van der Waals surface area contributed by atoms with Crippen LogP contribution in [0.5, 0.6) is 5.75 Å². The lowest BCUT2D eigenvalue weighted by atomic mass is 10.1. The Kier molecular flexibility index (Phi) is 4.66. The molecule has 1 rings (SSSR count). The lowest BCUT2D eigenvalue weighted by Gasteiger charge is -2.09. The van der Waals surface area contributed by atoms with E-state index >= 15 is 0 Å². The first-order chi connectivity index (χ1) is 8.99. The van der Waals surface area contributed by atoms with Crippen LogP contribution in [0.25, 0.3) is 0 Å². The normalized spacial score (nSPS) is 8.95. The highest BCUT2D eigenvalue weighted by Crippen LogP contribution is 2.33. The Morgan fingerprint density at radius 1 is 1.26 bits per heavy atom. The second-order valence-corrected chi connectivity index (χ2v) is 3.66. The molecule has 0 unspecified atom stereocenters. The number of hydrogen-bond acceptors (Lipinski definition) is 6. The molecule has 0 aliphatic heterocycles. The molecule has 0 heterocycles. The van der Waals surface area contributed by atoms with Gasteiger partial charge in [-0.25, -0.2) is 14.4 Å². The van der Waals surface area contributed by atoms with E-state index in [0.717, 1.165) is 0 Å². The standard InChI is InChI=1S/C13H10N2O4/c1-8(2)13(18)19-12-5-10(14-6-16)4-11(9(12)3)15-7-17/h4-5H,1H2,2-3H3. The van der Waals surface area contributed by atoms with Crippen molar-refractivity contribution in [1.82, 2.24) is 0 Å². The SMILES string of the molecule is C=C(C)C(=O)Oc1cc(N=C=O)cc(N=C=O)c1C. The predicted molar refractivity (Wildman–Crippen MR) is 67.2 cm³/mol. The van der Waals surface area contributed by atoms with E-state index in [1.165, 1.54) is 31.2 Å². The van der Waals surface area contributed by atoms with Crippen LogP contribution in [0.1, 0.15) is 12.5 Å². The fourth-order valence-corrected chi connectivity index (χ4v) is 1.23. The van der Waals surface area contributed by atoms with Gasteiger partial charge in [-0.15, -0.1) is 0 Å². The first kappa shape index (κ1) is 14.3. The zero-order valence-corrected chi connectivity index (χ0v) is 10.4. The topological polar surface area (TPSA) is 85.2 Å². The smallest absolute Gasteiger partial charge is 0.338 e. The number of esters is 1. The third kappa shape index (κ3) is 3.57. The summed E-state index contributed by atoms with van der Waals surface area (Å²) in [7, 11) is 0. The lowest BCUT2D eigenvalue weighted by Crippen LogP contribution is -2.09. The Balaban J connectivity index is 3.36. The van der Waals surface area contributed by atoms with Gasteiger partial charge in [-0.1, -0.05) is 6.58 Å². The van der Waals surface area contributed by atoms with Gasteiger partial charge in [0.25, 0.3) is 0 Å². The van der Waals surface area contributed by atoms with Crippen LogP contribution >= 0.6 is 0 Å². The van der Waals surface area contributed by atoms with Crippen LogP contribution in [-0.2, 0) is 14.4 Å². The van der Waals surface area contributed by atoms with E-state index in [2.05, 4.69) is 16.6 Å². The van der Waals surface area contributed by atoms with Crippen LogP contribution in [0.3, 0.4) is 0 Å². The summed E-state index contributed by atoms with van der Waals surface area (Å²) >= 11 is 0. The number of rotatable bonds is 4. The number of ether oxygens (including phenoxy) is 1. The monoisotopic (exact) mass is 258 g/mol. The third-order valence-corrected chi connectivity index (χ3v) is 2.21. The molecule has 0 radical (unpaired) electrons. The van der Waals surface area contributed by atoms with Crippen LogP contribution in [0, 0.1) is 6.92 Å².